The highest BCUT2D eigenvalue weighted by Gasteiger charge is 2.42. The van der Waals surface area contributed by atoms with Gasteiger partial charge in [0.1, 0.15) is 42.1 Å². The van der Waals surface area contributed by atoms with E-state index in [0.717, 1.165) is 21.5 Å². The fraction of sp³-hybridized carbons (Fsp3) is 0.265. The number of hydrogen-bond donors (Lipinski definition) is 1. The van der Waals surface area contributed by atoms with Gasteiger partial charge in [-0.25, -0.2) is 22.2 Å². The summed E-state index contributed by atoms with van der Waals surface area (Å²) in [6, 6.07) is 16.1. The number of amides is 1. The van der Waals surface area contributed by atoms with Crippen molar-refractivity contribution < 1.29 is 31.5 Å². The Balaban J connectivity index is 1.43. The Morgan fingerprint density at radius 2 is 2.04 bits per heavy atom. The van der Waals surface area contributed by atoms with Crippen LogP contribution in [0, 0.1) is 11.3 Å². The number of nitrogens with zero attached hydrogens (tertiary/aromatic N) is 4. The minimum Gasteiger partial charge on any atom is -0.484 e. The van der Waals surface area contributed by atoms with Crippen LogP contribution in [0.5, 0.6) is 11.5 Å². The van der Waals surface area contributed by atoms with Crippen LogP contribution in [0.2, 0.25) is 0 Å². The van der Waals surface area contributed by atoms with Crippen LogP contribution in [0.3, 0.4) is 0 Å². The first-order valence-electron chi connectivity index (χ1n) is 14.9. The standard InChI is InChI=1S/C34H29F2N5O5S/c1-38-34(42)31-24-14-23(25-10-11-29-32(39-25)28-15-22-20(17-37)4-3-5-26(22)40(28)18-45-29)27(41(13-12-35)47(2,43)44)16-30(24)46-33(31)19-6-8-21(36)9-7-19/h3-8,10-11,14-16,21,31,33H,9,12-13,18H2,1-2H3,(H,38,42). The molecule has 0 fully saturated rings. The number of pyridine rings is 1. The summed E-state index contributed by atoms with van der Waals surface area (Å²) in [5.41, 5.74) is 4.33. The number of carbonyl (C=O) groups excluding carboxylic acids is 1. The first kappa shape index (κ1) is 30.4. The van der Waals surface area contributed by atoms with Crippen molar-refractivity contribution in [3.63, 3.8) is 0 Å². The Morgan fingerprint density at radius 3 is 2.74 bits per heavy atom. The lowest BCUT2D eigenvalue weighted by Gasteiger charge is -2.25. The second-order valence-corrected chi connectivity index (χ2v) is 13.4. The van der Waals surface area contributed by atoms with E-state index in [1.54, 1.807) is 42.5 Å². The van der Waals surface area contributed by atoms with Gasteiger partial charge in [-0.05, 0) is 48.0 Å². The van der Waals surface area contributed by atoms with Crippen molar-refractivity contribution in [3.8, 4) is 40.2 Å². The predicted octanol–water partition coefficient (Wildman–Crippen LogP) is 5.14. The van der Waals surface area contributed by atoms with Crippen LogP contribution in [-0.2, 0) is 21.5 Å². The van der Waals surface area contributed by atoms with Crippen LogP contribution < -0.4 is 19.1 Å². The number of carbonyl (C=O) groups is 1. The highest BCUT2D eigenvalue weighted by molar-refractivity contribution is 7.92. The van der Waals surface area contributed by atoms with E-state index < -0.39 is 41.4 Å². The number of alkyl halides is 2. The number of rotatable bonds is 7. The van der Waals surface area contributed by atoms with Crippen molar-refractivity contribution in [2.45, 2.75) is 31.3 Å². The number of ether oxygens (including phenoxy) is 2. The molecule has 2 aromatic carbocycles. The molecule has 10 nitrogen and oxygen atoms in total. The first-order chi connectivity index (χ1) is 22.6. The fourth-order valence-corrected chi connectivity index (χ4v) is 7.43. The summed E-state index contributed by atoms with van der Waals surface area (Å²) >= 11 is 0. The summed E-state index contributed by atoms with van der Waals surface area (Å²) in [5.74, 6) is -0.465. The molecule has 47 heavy (non-hydrogen) atoms. The maximum atomic E-state index is 13.9. The zero-order valence-corrected chi connectivity index (χ0v) is 26.2. The maximum absolute atomic E-state index is 13.9. The normalized spacial score (nSPS) is 19.5. The topological polar surface area (TPSA) is 127 Å². The number of nitriles is 1. The molecule has 0 bridgehead atoms. The van der Waals surface area contributed by atoms with E-state index >= 15 is 0 Å². The van der Waals surface area contributed by atoms with Gasteiger partial charge in [0.25, 0.3) is 0 Å². The molecule has 7 rings (SSSR count). The molecule has 1 amide bonds. The molecule has 3 atom stereocenters. The predicted molar refractivity (Wildman–Crippen MR) is 172 cm³/mol. The summed E-state index contributed by atoms with van der Waals surface area (Å²) in [6.07, 6.45) is 3.85. The third-order valence-corrected chi connectivity index (χ3v) is 9.88. The monoisotopic (exact) mass is 657 g/mol. The Kier molecular flexibility index (Phi) is 7.47. The molecule has 0 radical (unpaired) electrons. The molecule has 2 aromatic heterocycles. The molecule has 13 heteroatoms. The lowest BCUT2D eigenvalue weighted by atomic mass is 9.86. The van der Waals surface area contributed by atoms with Crippen molar-refractivity contribution in [1.82, 2.24) is 14.9 Å². The number of halogens is 2. The van der Waals surface area contributed by atoms with Crippen LogP contribution >= 0.6 is 0 Å². The summed E-state index contributed by atoms with van der Waals surface area (Å²) in [7, 11) is -2.48. The number of benzene rings is 2. The molecule has 240 valence electrons. The minimum absolute atomic E-state index is 0.119. The van der Waals surface area contributed by atoms with Gasteiger partial charge in [0.15, 0.2) is 6.73 Å². The smallest absolute Gasteiger partial charge is 0.232 e. The second-order valence-electron chi connectivity index (χ2n) is 11.5. The first-order valence-corrected chi connectivity index (χ1v) is 16.8. The Hall–Kier alpha value is -5.22. The molecule has 4 heterocycles. The molecular weight excluding hydrogens is 628 g/mol. The van der Waals surface area contributed by atoms with Gasteiger partial charge in [0.05, 0.1) is 47.0 Å². The number of fused-ring (bicyclic) bond motifs is 6. The van der Waals surface area contributed by atoms with Gasteiger partial charge >= 0.3 is 0 Å². The Bertz CT molecular complexity index is 2170. The quantitative estimate of drug-likeness (QED) is 0.292. The number of hydrogen-bond acceptors (Lipinski definition) is 7. The number of aromatic nitrogens is 2. The van der Waals surface area contributed by atoms with Gasteiger partial charge in [0.2, 0.25) is 15.9 Å². The Labute approximate surface area is 269 Å². The van der Waals surface area contributed by atoms with Gasteiger partial charge in [-0.15, -0.1) is 0 Å². The average Bonchev–Trinajstić information content (AvgIpc) is 3.64. The lowest BCUT2D eigenvalue weighted by Crippen LogP contribution is -2.34. The molecular formula is C34H29F2N5O5S. The molecule has 0 saturated heterocycles. The third-order valence-electron chi connectivity index (χ3n) is 8.70. The molecule has 3 unspecified atom stereocenters. The fourth-order valence-electron chi connectivity index (χ4n) is 6.52. The van der Waals surface area contributed by atoms with E-state index in [4.69, 9.17) is 14.5 Å². The number of anilines is 1. The highest BCUT2D eigenvalue weighted by atomic mass is 32.2. The van der Waals surface area contributed by atoms with Crippen LogP contribution in [-0.4, -0.2) is 62.7 Å². The summed E-state index contributed by atoms with van der Waals surface area (Å²) in [6.45, 7) is -1.22. The van der Waals surface area contributed by atoms with Crippen molar-refractivity contribution in [2.24, 2.45) is 0 Å². The van der Waals surface area contributed by atoms with E-state index in [1.807, 2.05) is 16.7 Å². The minimum atomic E-state index is -3.99. The van der Waals surface area contributed by atoms with Crippen LogP contribution in [0.25, 0.3) is 33.5 Å². The molecule has 3 aliphatic rings. The van der Waals surface area contributed by atoms with Gasteiger partial charge in [0, 0.05) is 36.0 Å². The zero-order valence-electron chi connectivity index (χ0n) is 25.4. The van der Waals surface area contributed by atoms with E-state index in [1.165, 1.54) is 19.2 Å². The summed E-state index contributed by atoms with van der Waals surface area (Å²) in [4.78, 5) is 18.3. The van der Waals surface area contributed by atoms with E-state index in [-0.39, 0.29) is 30.5 Å². The largest absolute Gasteiger partial charge is 0.484 e. The summed E-state index contributed by atoms with van der Waals surface area (Å²) in [5, 5.41) is 13.1. The number of allylic oxidation sites excluding steroid dienone is 2. The molecule has 1 N–H and O–H groups in total. The van der Waals surface area contributed by atoms with Crippen LogP contribution in [0.4, 0.5) is 14.5 Å². The van der Waals surface area contributed by atoms with Gasteiger partial charge in [-0.3, -0.25) is 9.10 Å². The third kappa shape index (κ3) is 5.09. The molecule has 0 spiro atoms. The number of nitrogens with one attached hydrogen (secondary N) is 1. The highest BCUT2D eigenvalue weighted by Crippen LogP contribution is 2.48. The SMILES string of the molecule is CNC(=O)C1c2cc(-c3ccc4c(n3)-c3cc5c(C#N)cccc5n3CO4)c(N(CCF)S(C)(=O)=O)cc2OC1C1=CCC(F)C=C1. The zero-order chi connectivity index (χ0) is 33.0. The Morgan fingerprint density at radius 1 is 1.21 bits per heavy atom. The summed E-state index contributed by atoms with van der Waals surface area (Å²) < 4.78 is 69.1. The van der Waals surface area contributed by atoms with E-state index in [2.05, 4.69) is 11.4 Å². The number of sulfonamides is 1. The van der Waals surface area contributed by atoms with Gasteiger partial charge in [-0.2, -0.15) is 5.26 Å². The van der Waals surface area contributed by atoms with Gasteiger partial charge in [-0.1, -0.05) is 18.2 Å². The second kappa shape index (κ2) is 11.5. The van der Waals surface area contributed by atoms with Crippen molar-refractivity contribution in [3.05, 3.63) is 83.5 Å². The molecule has 0 saturated carbocycles. The lowest BCUT2D eigenvalue weighted by molar-refractivity contribution is -0.123. The van der Waals surface area contributed by atoms with Crippen LogP contribution in [0.15, 0.2) is 72.3 Å². The number of likely N-dealkylation sites (N-methyl/N-ethyl adjacent to an activating group) is 1. The van der Waals surface area contributed by atoms with Crippen molar-refractivity contribution >= 4 is 32.5 Å². The molecule has 2 aliphatic heterocycles. The van der Waals surface area contributed by atoms with Crippen molar-refractivity contribution in [1.29, 1.82) is 5.26 Å². The van der Waals surface area contributed by atoms with Crippen LogP contribution in [0.1, 0.15) is 23.5 Å². The van der Waals surface area contributed by atoms with Crippen molar-refractivity contribution in [2.75, 3.05) is 30.8 Å². The maximum Gasteiger partial charge on any atom is 0.232 e. The van der Waals surface area contributed by atoms with E-state index in [0.29, 0.717) is 45.1 Å². The van der Waals surface area contributed by atoms with E-state index in [9.17, 15) is 27.3 Å². The molecule has 1 aliphatic carbocycles. The molecule has 4 aromatic rings. The van der Waals surface area contributed by atoms with Gasteiger partial charge < -0.3 is 19.4 Å². The average molecular weight is 658 g/mol.